The number of sulfonamides is 1. The van der Waals surface area contributed by atoms with Gasteiger partial charge in [-0.1, -0.05) is 20.3 Å². The average Bonchev–Trinajstić information content (AvgIpc) is 3.09. The Labute approximate surface area is 101 Å². The molecule has 5 heteroatoms. The van der Waals surface area contributed by atoms with Crippen molar-refractivity contribution in [1.29, 1.82) is 0 Å². The minimum atomic E-state index is -3.42. The fourth-order valence-corrected chi connectivity index (χ4v) is 3.56. The molecule has 1 saturated heterocycles. The number of hydrogen-bond donors (Lipinski definition) is 0. The largest absolute Gasteiger partial charge is 0.243 e. The van der Waals surface area contributed by atoms with Crippen LogP contribution in [0.5, 0.6) is 0 Å². The summed E-state index contributed by atoms with van der Waals surface area (Å²) in [6.45, 7) is 4.67. The zero-order chi connectivity index (χ0) is 12.6. The molecule has 2 rings (SSSR count). The van der Waals surface area contributed by atoms with E-state index in [1.54, 1.807) is 0 Å². The van der Waals surface area contributed by atoms with Gasteiger partial charge in [-0.05, 0) is 30.2 Å². The highest BCUT2D eigenvalue weighted by Gasteiger charge is 2.46. The summed E-state index contributed by atoms with van der Waals surface area (Å²) in [6, 6.07) is 5.09. The van der Waals surface area contributed by atoms with E-state index >= 15 is 0 Å². The standard InChI is InChI=1S/C12H16FNO2S/c1-3-9(2)12-8-14(12)17(15,16)11-6-4-10(13)5-7-11/h4-7,9,12H,3,8H2,1-2H3. The van der Waals surface area contributed by atoms with Crippen molar-refractivity contribution < 1.29 is 12.8 Å². The van der Waals surface area contributed by atoms with Crippen LogP contribution in [0.2, 0.25) is 0 Å². The summed E-state index contributed by atoms with van der Waals surface area (Å²) in [4.78, 5) is 0.171. The third-order valence-electron chi connectivity index (χ3n) is 3.32. The maximum Gasteiger partial charge on any atom is 0.243 e. The van der Waals surface area contributed by atoms with Gasteiger partial charge in [0.15, 0.2) is 0 Å². The summed E-state index contributed by atoms with van der Waals surface area (Å²) in [5, 5.41) is 0. The summed E-state index contributed by atoms with van der Waals surface area (Å²) in [7, 11) is -3.42. The van der Waals surface area contributed by atoms with Crippen molar-refractivity contribution in [2.45, 2.75) is 31.2 Å². The third kappa shape index (κ3) is 2.35. The van der Waals surface area contributed by atoms with E-state index in [0.29, 0.717) is 12.5 Å². The number of rotatable bonds is 4. The molecule has 3 unspecified atom stereocenters. The Hall–Kier alpha value is -0.940. The summed E-state index contributed by atoms with van der Waals surface area (Å²) >= 11 is 0. The van der Waals surface area contributed by atoms with Crippen LogP contribution in [0.4, 0.5) is 4.39 Å². The molecule has 0 aliphatic carbocycles. The van der Waals surface area contributed by atoms with Crippen LogP contribution in [-0.2, 0) is 10.0 Å². The maximum atomic E-state index is 12.7. The van der Waals surface area contributed by atoms with Gasteiger partial charge in [-0.25, -0.2) is 12.8 Å². The van der Waals surface area contributed by atoms with E-state index in [1.165, 1.54) is 28.6 Å². The van der Waals surface area contributed by atoms with Gasteiger partial charge in [0.25, 0.3) is 0 Å². The minimum absolute atomic E-state index is 0.107. The molecule has 1 heterocycles. The molecule has 3 nitrogen and oxygen atoms in total. The van der Waals surface area contributed by atoms with Crippen molar-refractivity contribution in [3.63, 3.8) is 0 Å². The van der Waals surface area contributed by atoms with Gasteiger partial charge < -0.3 is 0 Å². The molecule has 1 aliphatic rings. The number of benzene rings is 1. The van der Waals surface area contributed by atoms with Gasteiger partial charge in [0.1, 0.15) is 5.82 Å². The lowest BCUT2D eigenvalue weighted by Gasteiger charge is -2.09. The lowest BCUT2D eigenvalue weighted by Crippen LogP contribution is -2.17. The fourth-order valence-electron chi connectivity index (χ4n) is 1.89. The Kier molecular flexibility index (Phi) is 3.23. The molecule has 0 spiro atoms. The molecule has 94 valence electrons. The average molecular weight is 257 g/mol. The lowest BCUT2D eigenvalue weighted by molar-refractivity contribution is 0.485. The molecular weight excluding hydrogens is 241 g/mol. The van der Waals surface area contributed by atoms with Crippen LogP contribution in [0.3, 0.4) is 0 Å². The van der Waals surface area contributed by atoms with E-state index in [-0.39, 0.29) is 10.9 Å². The second-order valence-corrected chi connectivity index (χ2v) is 6.37. The van der Waals surface area contributed by atoms with Gasteiger partial charge in [-0.3, -0.25) is 0 Å². The molecule has 1 aromatic carbocycles. The fraction of sp³-hybridized carbons (Fsp3) is 0.500. The molecule has 1 aliphatic heterocycles. The molecule has 1 aromatic rings. The Balaban J connectivity index is 2.19. The summed E-state index contributed by atoms with van der Waals surface area (Å²) in [5.74, 6) is -0.0570. The molecule has 0 N–H and O–H groups in total. The highest BCUT2D eigenvalue weighted by atomic mass is 32.2. The van der Waals surface area contributed by atoms with Gasteiger partial charge in [0.05, 0.1) is 4.90 Å². The molecule has 0 saturated carbocycles. The second-order valence-electron chi connectivity index (χ2n) is 4.48. The quantitative estimate of drug-likeness (QED) is 0.776. The van der Waals surface area contributed by atoms with E-state index in [2.05, 4.69) is 0 Å². The van der Waals surface area contributed by atoms with E-state index < -0.39 is 15.8 Å². The predicted molar refractivity (Wildman–Crippen MR) is 63.5 cm³/mol. The summed E-state index contributed by atoms with van der Waals surface area (Å²) in [5.41, 5.74) is 0. The van der Waals surface area contributed by atoms with Crippen LogP contribution in [-0.4, -0.2) is 25.3 Å². The van der Waals surface area contributed by atoms with E-state index in [9.17, 15) is 12.8 Å². The van der Waals surface area contributed by atoms with Gasteiger partial charge in [0.2, 0.25) is 10.0 Å². The zero-order valence-corrected chi connectivity index (χ0v) is 10.7. The summed E-state index contributed by atoms with van der Waals surface area (Å²) in [6.07, 6.45) is 0.958. The van der Waals surface area contributed by atoms with Gasteiger partial charge in [-0.2, -0.15) is 4.31 Å². The van der Waals surface area contributed by atoms with Crippen LogP contribution < -0.4 is 0 Å². The van der Waals surface area contributed by atoms with E-state index in [4.69, 9.17) is 0 Å². The first-order valence-electron chi connectivity index (χ1n) is 5.74. The first-order chi connectivity index (χ1) is 7.96. The van der Waals surface area contributed by atoms with E-state index in [0.717, 1.165) is 6.42 Å². The molecule has 0 aromatic heterocycles. The van der Waals surface area contributed by atoms with Crippen molar-refractivity contribution in [2.24, 2.45) is 5.92 Å². The minimum Gasteiger partial charge on any atom is -0.207 e. The van der Waals surface area contributed by atoms with Crippen molar-refractivity contribution in [1.82, 2.24) is 4.31 Å². The van der Waals surface area contributed by atoms with Crippen LogP contribution in [0.1, 0.15) is 20.3 Å². The number of nitrogens with zero attached hydrogens (tertiary/aromatic N) is 1. The van der Waals surface area contributed by atoms with Gasteiger partial charge >= 0.3 is 0 Å². The summed E-state index contributed by atoms with van der Waals surface area (Å²) < 4.78 is 38.5. The molecular formula is C12H16FNO2S. The molecule has 0 bridgehead atoms. The smallest absolute Gasteiger partial charge is 0.207 e. The Morgan fingerprint density at radius 3 is 2.53 bits per heavy atom. The Morgan fingerprint density at radius 2 is 2.00 bits per heavy atom. The SMILES string of the molecule is CCC(C)C1CN1S(=O)(=O)c1ccc(F)cc1. The van der Waals surface area contributed by atoms with Crippen LogP contribution in [0.15, 0.2) is 29.2 Å². The van der Waals surface area contributed by atoms with Crippen molar-refractivity contribution >= 4 is 10.0 Å². The highest BCUT2D eigenvalue weighted by Crippen LogP contribution is 2.34. The first kappa shape index (κ1) is 12.5. The molecule has 17 heavy (non-hydrogen) atoms. The number of hydrogen-bond acceptors (Lipinski definition) is 2. The lowest BCUT2D eigenvalue weighted by atomic mass is 10.1. The monoisotopic (exact) mass is 257 g/mol. The number of halogens is 1. The normalized spacial score (nSPS) is 25.6. The topological polar surface area (TPSA) is 37.1 Å². The second kappa shape index (κ2) is 4.38. The molecule has 0 radical (unpaired) electrons. The molecule has 1 fully saturated rings. The van der Waals surface area contributed by atoms with Crippen LogP contribution >= 0.6 is 0 Å². The van der Waals surface area contributed by atoms with E-state index in [1.807, 2.05) is 13.8 Å². The van der Waals surface area contributed by atoms with Crippen molar-refractivity contribution in [3.05, 3.63) is 30.1 Å². The van der Waals surface area contributed by atoms with Crippen molar-refractivity contribution in [3.8, 4) is 0 Å². The Morgan fingerprint density at radius 1 is 1.41 bits per heavy atom. The van der Waals surface area contributed by atoms with Crippen molar-refractivity contribution in [2.75, 3.05) is 6.54 Å². The van der Waals surface area contributed by atoms with Gasteiger partial charge in [-0.15, -0.1) is 0 Å². The highest BCUT2D eigenvalue weighted by molar-refractivity contribution is 7.89. The third-order valence-corrected chi connectivity index (χ3v) is 5.23. The van der Waals surface area contributed by atoms with Crippen LogP contribution in [0.25, 0.3) is 0 Å². The van der Waals surface area contributed by atoms with Gasteiger partial charge in [0, 0.05) is 12.6 Å². The molecule has 3 atom stereocenters. The first-order valence-corrected chi connectivity index (χ1v) is 7.18. The maximum absolute atomic E-state index is 12.7. The Bertz CT molecular complexity index is 498. The molecule has 0 amide bonds. The van der Waals surface area contributed by atoms with Crippen LogP contribution in [0, 0.1) is 11.7 Å². The predicted octanol–water partition coefficient (Wildman–Crippen LogP) is 2.24. The zero-order valence-electron chi connectivity index (χ0n) is 9.93.